The van der Waals surface area contributed by atoms with Gasteiger partial charge < -0.3 is 0 Å². The van der Waals surface area contributed by atoms with E-state index in [0.29, 0.717) is 10.0 Å². The molecule has 2 rings (SSSR count). The summed E-state index contributed by atoms with van der Waals surface area (Å²) in [5, 5.41) is 0.0387. The quantitative estimate of drug-likeness (QED) is 0.350. The molecule has 0 heterocycles. The lowest BCUT2D eigenvalue weighted by Gasteiger charge is -2.19. The lowest BCUT2D eigenvalue weighted by molar-refractivity contribution is 0.559. The summed E-state index contributed by atoms with van der Waals surface area (Å²) in [5.41, 5.74) is 3.81. The number of rotatable bonds is 3. The van der Waals surface area contributed by atoms with Crippen LogP contribution in [0.3, 0.4) is 0 Å². The average Bonchev–Trinajstić information content (AvgIpc) is 2.38. The first-order chi connectivity index (χ1) is 9.43. The Balaban J connectivity index is 2.55. The van der Waals surface area contributed by atoms with E-state index in [2.05, 4.69) is 53.2 Å². The number of nitrogens with one attached hydrogen (secondary N) is 1. The molecule has 0 fully saturated rings. The second-order valence-corrected chi connectivity index (χ2v) is 7.13. The van der Waals surface area contributed by atoms with Crippen molar-refractivity contribution in [1.82, 2.24) is 5.43 Å². The molecular formula is C13H9Br3ClFN2. The van der Waals surface area contributed by atoms with E-state index in [1.165, 1.54) is 0 Å². The first-order valence-corrected chi connectivity index (χ1v) is 8.25. The molecule has 0 saturated carbocycles. The Hall–Kier alpha value is 0.0200. The summed E-state index contributed by atoms with van der Waals surface area (Å²) in [7, 11) is 0. The Labute approximate surface area is 146 Å². The third-order valence-corrected chi connectivity index (χ3v) is 4.94. The van der Waals surface area contributed by atoms with Crippen molar-refractivity contribution in [3.05, 3.63) is 65.7 Å². The molecule has 20 heavy (non-hydrogen) atoms. The van der Waals surface area contributed by atoms with E-state index in [1.807, 2.05) is 18.2 Å². The zero-order valence-electron chi connectivity index (χ0n) is 9.93. The van der Waals surface area contributed by atoms with Crippen molar-refractivity contribution in [3.8, 4) is 0 Å². The van der Waals surface area contributed by atoms with Gasteiger partial charge in [-0.05, 0) is 45.8 Å². The second kappa shape index (κ2) is 6.85. The molecule has 0 amide bonds. The van der Waals surface area contributed by atoms with Crippen molar-refractivity contribution in [2.45, 2.75) is 6.04 Å². The monoisotopic (exact) mass is 484 g/mol. The summed E-state index contributed by atoms with van der Waals surface area (Å²) >= 11 is 15.9. The number of hydrogen-bond acceptors (Lipinski definition) is 2. The summed E-state index contributed by atoms with van der Waals surface area (Å²) < 4.78 is 16.5. The second-order valence-electron chi connectivity index (χ2n) is 4.07. The molecule has 2 aromatic rings. The Bertz CT molecular complexity index is 632. The molecule has 0 bridgehead atoms. The Morgan fingerprint density at radius 2 is 1.70 bits per heavy atom. The molecule has 0 aliphatic heterocycles. The van der Waals surface area contributed by atoms with Gasteiger partial charge in [-0.3, -0.25) is 5.84 Å². The molecule has 2 aromatic carbocycles. The van der Waals surface area contributed by atoms with Gasteiger partial charge in [-0.25, -0.2) is 9.82 Å². The highest BCUT2D eigenvalue weighted by Gasteiger charge is 2.20. The standard InChI is InChI=1S/C13H9Br3ClFN2/c14-7-3-6(4-8(15)5-7)13(20-19)9-1-2-10(16)11(17)12(9)18/h1-5,13,20H,19H2. The van der Waals surface area contributed by atoms with E-state index in [9.17, 15) is 4.39 Å². The molecule has 0 aromatic heterocycles. The van der Waals surface area contributed by atoms with E-state index < -0.39 is 11.9 Å². The zero-order valence-corrected chi connectivity index (χ0v) is 15.4. The maximum Gasteiger partial charge on any atom is 0.148 e. The molecule has 1 atom stereocenters. The van der Waals surface area contributed by atoms with E-state index in [4.69, 9.17) is 17.4 Å². The van der Waals surface area contributed by atoms with Gasteiger partial charge in [0.25, 0.3) is 0 Å². The third kappa shape index (κ3) is 3.43. The summed E-state index contributed by atoms with van der Waals surface area (Å²) in [6.07, 6.45) is 0. The fourth-order valence-electron chi connectivity index (χ4n) is 1.87. The maximum absolute atomic E-state index is 14.3. The lowest BCUT2D eigenvalue weighted by atomic mass is 9.99. The van der Waals surface area contributed by atoms with Gasteiger partial charge in [-0.1, -0.05) is 49.5 Å². The highest BCUT2D eigenvalue weighted by molar-refractivity contribution is 9.11. The Morgan fingerprint density at radius 1 is 1.10 bits per heavy atom. The van der Waals surface area contributed by atoms with Gasteiger partial charge in [-0.2, -0.15) is 0 Å². The van der Waals surface area contributed by atoms with Crippen LogP contribution in [0.2, 0.25) is 5.02 Å². The fourth-order valence-corrected chi connectivity index (χ4v) is 3.68. The minimum absolute atomic E-state index is 0.0387. The summed E-state index contributed by atoms with van der Waals surface area (Å²) in [4.78, 5) is 0. The fraction of sp³-hybridized carbons (Fsp3) is 0.0769. The number of hydrazine groups is 1. The van der Waals surface area contributed by atoms with Gasteiger partial charge >= 0.3 is 0 Å². The van der Waals surface area contributed by atoms with E-state index in [0.717, 1.165) is 14.5 Å². The van der Waals surface area contributed by atoms with Crippen LogP contribution in [0.15, 0.2) is 43.7 Å². The van der Waals surface area contributed by atoms with Crippen LogP contribution >= 0.6 is 59.4 Å². The molecule has 3 N–H and O–H groups in total. The van der Waals surface area contributed by atoms with Crippen LogP contribution in [0.25, 0.3) is 0 Å². The van der Waals surface area contributed by atoms with Crippen molar-refractivity contribution >= 4 is 59.4 Å². The van der Waals surface area contributed by atoms with Crippen molar-refractivity contribution in [2.75, 3.05) is 0 Å². The Kier molecular flexibility index (Phi) is 5.62. The maximum atomic E-state index is 14.3. The molecule has 0 aliphatic rings. The van der Waals surface area contributed by atoms with Gasteiger partial charge in [0, 0.05) is 19.0 Å². The predicted octanol–water partition coefficient (Wildman–Crippen LogP) is 5.32. The van der Waals surface area contributed by atoms with E-state index in [-0.39, 0.29) is 5.02 Å². The van der Waals surface area contributed by atoms with Crippen LogP contribution in [0.1, 0.15) is 17.2 Å². The first-order valence-electron chi connectivity index (χ1n) is 5.49. The predicted molar refractivity (Wildman–Crippen MR) is 90.1 cm³/mol. The summed E-state index contributed by atoms with van der Waals surface area (Å²) in [5.74, 6) is 5.09. The molecule has 0 radical (unpaired) electrons. The van der Waals surface area contributed by atoms with Crippen molar-refractivity contribution in [1.29, 1.82) is 0 Å². The van der Waals surface area contributed by atoms with E-state index >= 15 is 0 Å². The van der Waals surface area contributed by atoms with E-state index in [1.54, 1.807) is 12.1 Å². The summed E-state index contributed by atoms with van der Waals surface area (Å²) in [6.45, 7) is 0. The average molecular weight is 487 g/mol. The normalized spacial score (nSPS) is 12.5. The summed E-state index contributed by atoms with van der Waals surface area (Å²) in [6, 6.07) is 8.45. The van der Waals surface area contributed by atoms with Crippen LogP contribution in [0.4, 0.5) is 4.39 Å². The third-order valence-electron chi connectivity index (χ3n) is 2.76. The number of halogens is 5. The number of nitrogens with two attached hydrogens (primary N) is 1. The smallest absolute Gasteiger partial charge is 0.148 e. The molecule has 0 spiro atoms. The molecular weight excluding hydrogens is 478 g/mol. The van der Waals surface area contributed by atoms with Gasteiger partial charge in [0.2, 0.25) is 0 Å². The number of hydrogen-bond donors (Lipinski definition) is 2. The van der Waals surface area contributed by atoms with Gasteiger partial charge in [0.1, 0.15) is 5.82 Å². The minimum Gasteiger partial charge on any atom is -0.271 e. The number of benzene rings is 2. The van der Waals surface area contributed by atoms with Gasteiger partial charge in [0.05, 0.1) is 11.1 Å². The van der Waals surface area contributed by atoms with Crippen LogP contribution in [0, 0.1) is 5.82 Å². The first kappa shape index (κ1) is 16.4. The molecule has 2 nitrogen and oxygen atoms in total. The van der Waals surface area contributed by atoms with Crippen LogP contribution < -0.4 is 11.3 Å². The Morgan fingerprint density at radius 3 is 2.25 bits per heavy atom. The lowest BCUT2D eigenvalue weighted by Crippen LogP contribution is -2.29. The topological polar surface area (TPSA) is 38.0 Å². The van der Waals surface area contributed by atoms with Crippen LogP contribution in [0.5, 0.6) is 0 Å². The van der Waals surface area contributed by atoms with Crippen molar-refractivity contribution in [2.24, 2.45) is 5.84 Å². The highest BCUT2D eigenvalue weighted by Crippen LogP contribution is 2.34. The molecule has 7 heteroatoms. The molecule has 0 aliphatic carbocycles. The molecule has 0 saturated heterocycles. The van der Waals surface area contributed by atoms with Crippen molar-refractivity contribution in [3.63, 3.8) is 0 Å². The van der Waals surface area contributed by atoms with Gasteiger partial charge in [-0.15, -0.1) is 0 Å². The largest absolute Gasteiger partial charge is 0.271 e. The van der Waals surface area contributed by atoms with Gasteiger partial charge in [0.15, 0.2) is 0 Å². The molecule has 106 valence electrons. The van der Waals surface area contributed by atoms with Crippen LogP contribution in [-0.2, 0) is 0 Å². The van der Waals surface area contributed by atoms with Crippen molar-refractivity contribution < 1.29 is 4.39 Å². The zero-order chi connectivity index (χ0) is 14.9. The SMILES string of the molecule is NNC(c1cc(Br)cc(Br)c1)c1ccc(Br)c(Cl)c1F. The minimum atomic E-state index is -0.505. The molecule has 1 unspecified atom stereocenters. The van der Waals surface area contributed by atoms with Crippen LogP contribution in [-0.4, -0.2) is 0 Å². The highest BCUT2D eigenvalue weighted by atomic mass is 79.9.